The first kappa shape index (κ1) is 16.0. The summed E-state index contributed by atoms with van der Waals surface area (Å²) >= 11 is 5.91. The molecule has 0 fully saturated rings. The number of fused-ring (bicyclic) bond motifs is 3. The van der Waals surface area contributed by atoms with Gasteiger partial charge in [-0.15, -0.1) is 0 Å². The van der Waals surface area contributed by atoms with Crippen molar-refractivity contribution in [3.05, 3.63) is 64.3 Å². The van der Waals surface area contributed by atoms with Gasteiger partial charge in [0.15, 0.2) is 0 Å². The van der Waals surface area contributed by atoms with E-state index in [-0.39, 0.29) is 5.91 Å². The third kappa shape index (κ3) is 2.98. The molecule has 0 saturated carbocycles. The van der Waals surface area contributed by atoms with Crippen molar-refractivity contribution in [3.8, 4) is 5.75 Å². The molecule has 0 spiro atoms. The topological polar surface area (TPSA) is 45.3 Å². The number of para-hydroxylation sites is 1. The summed E-state index contributed by atoms with van der Waals surface area (Å²) in [5.74, 6) is 0.983. The predicted molar refractivity (Wildman–Crippen MR) is 99.1 cm³/mol. The third-order valence-electron chi connectivity index (χ3n) is 4.81. The van der Waals surface area contributed by atoms with Gasteiger partial charge in [-0.05, 0) is 23.8 Å². The minimum atomic E-state index is 0.144. The van der Waals surface area contributed by atoms with E-state index in [0.29, 0.717) is 18.0 Å². The van der Waals surface area contributed by atoms with Gasteiger partial charge in [0.25, 0.3) is 0 Å². The van der Waals surface area contributed by atoms with Crippen LogP contribution in [0.3, 0.4) is 0 Å². The van der Waals surface area contributed by atoms with E-state index < -0.39 is 0 Å². The lowest BCUT2D eigenvalue weighted by atomic mass is 10.0. The number of amides is 1. The molecule has 2 heterocycles. The number of nitrogens with one attached hydrogen (secondary N) is 1. The van der Waals surface area contributed by atoms with Gasteiger partial charge >= 0.3 is 0 Å². The van der Waals surface area contributed by atoms with Gasteiger partial charge in [0, 0.05) is 41.2 Å². The van der Waals surface area contributed by atoms with Gasteiger partial charge in [0.05, 0.1) is 19.0 Å². The highest BCUT2D eigenvalue weighted by Crippen LogP contribution is 2.33. The van der Waals surface area contributed by atoms with E-state index in [0.717, 1.165) is 35.2 Å². The molecule has 128 valence electrons. The monoisotopic (exact) mass is 354 g/mol. The minimum Gasteiger partial charge on any atom is -0.495 e. The third-order valence-corrected chi connectivity index (χ3v) is 5.07. The highest BCUT2D eigenvalue weighted by atomic mass is 35.5. The summed E-state index contributed by atoms with van der Waals surface area (Å²) in [4.78, 5) is 18.1. The maximum atomic E-state index is 12.7. The predicted octanol–water partition coefficient (Wildman–Crippen LogP) is 3.96. The quantitative estimate of drug-likeness (QED) is 0.773. The molecule has 0 radical (unpaired) electrons. The zero-order valence-electron chi connectivity index (χ0n) is 14.0. The lowest BCUT2D eigenvalue weighted by molar-refractivity contribution is -0.131. The molecule has 4 nitrogen and oxygen atoms in total. The Morgan fingerprint density at radius 1 is 1.24 bits per heavy atom. The van der Waals surface area contributed by atoms with Crippen molar-refractivity contribution in [1.29, 1.82) is 0 Å². The molecule has 1 aromatic heterocycles. The lowest BCUT2D eigenvalue weighted by Gasteiger charge is -2.27. The molecule has 0 saturated heterocycles. The van der Waals surface area contributed by atoms with Crippen molar-refractivity contribution in [2.24, 2.45) is 0 Å². The second-order valence-electron chi connectivity index (χ2n) is 6.33. The molecule has 3 aromatic rings. The van der Waals surface area contributed by atoms with Crippen LogP contribution in [0.1, 0.15) is 16.8 Å². The molecule has 1 aliphatic rings. The van der Waals surface area contributed by atoms with Gasteiger partial charge < -0.3 is 14.6 Å². The second-order valence-corrected chi connectivity index (χ2v) is 6.77. The Morgan fingerprint density at radius 3 is 2.80 bits per heavy atom. The number of aromatic amines is 1. The number of carbonyl (C=O) groups excluding carboxylic acids is 1. The van der Waals surface area contributed by atoms with Crippen molar-refractivity contribution >= 4 is 28.4 Å². The Hall–Kier alpha value is -2.46. The van der Waals surface area contributed by atoms with Gasteiger partial charge in [-0.2, -0.15) is 0 Å². The second kappa shape index (κ2) is 6.45. The average Bonchev–Trinajstić information content (AvgIpc) is 3.01. The van der Waals surface area contributed by atoms with Gasteiger partial charge in [0.1, 0.15) is 5.75 Å². The number of halogens is 1. The number of carbonyl (C=O) groups is 1. The molecule has 0 bridgehead atoms. The van der Waals surface area contributed by atoms with Crippen molar-refractivity contribution in [2.75, 3.05) is 13.7 Å². The van der Waals surface area contributed by atoms with E-state index in [1.54, 1.807) is 7.11 Å². The van der Waals surface area contributed by atoms with Crippen LogP contribution in [-0.4, -0.2) is 29.4 Å². The van der Waals surface area contributed by atoms with Crippen molar-refractivity contribution in [1.82, 2.24) is 9.88 Å². The number of H-pyrrole nitrogens is 1. The number of hydrogen-bond acceptors (Lipinski definition) is 2. The van der Waals surface area contributed by atoms with Gasteiger partial charge in [-0.3, -0.25) is 4.79 Å². The Bertz CT molecular complexity index is 931. The Balaban J connectivity index is 1.58. The molecule has 1 amide bonds. The fourth-order valence-electron chi connectivity index (χ4n) is 3.48. The Labute approximate surface area is 151 Å². The first-order valence-electron chi connectivity index (χ1n) is 8.34. The normalized spacial score (nSPS) is 13.8. The van der Waals surface area contributed by atoms with Crippen molar-refractivity contribution in [3.63, 3.8) is 0 Å². The van der Waals surface area contributed by atoms with Gasteiger partial charge in [-0.1, -0.05) is 35.9 Å². The Kier molecular flexibility index (Phi) is 4.14. The molecule has 1 aliphatic heterocycles. The molecule has 25 heavy (non-hydrogen) atoms. The Morgan fingerprint density at radius 2 is 2.04 bits per heavy atom. The summed E-state index contributed by atoms with van der Waals surface area (Å²) in [5.41, 5.74) is 4.41. The molecule has 0 aliphatic carbocycles. The average molecular weight is 355 g/mol. The summed E-state index contributed by atoms with van der Waals surface area (Å²) in [6, 6.07) is 13.5. The van der Waals surface area contributed by atoms with Crippen LogP contribution in [0.15, 0.2) is 42.5 Å². The fraction of sp³-hybridized carbons (Fsp3) is 0.250. The number of ether oxygens (including phenoxy) is 1. The van der Waals surface area contributed by atoms with Crippen LogP contribution in [0.25, 0.3) is 10.9 Å². The molecule has 0 atom stereocenters. The summed E-state index contributed by atoms with van der Waals surface area (Å²) in [6.07, 6.45) is 1.23. The van der Waals surface area contributed by atoms with Crippen LogP contribution < -0.4 is 4.74 Å². The maximum Gasteiger partial charge on any atom is 0.227 e. The number of rotatable bonds is 3. The van der Waals surface area contributed by atoms with E-state index in [1.807, 2.05) is 41.3 Å². The maximum absolute atomic E-state index is 12.7. The van der Waals surface area contributed by atoms with Gasteiger partial charge in [0.2, 0.25) is 5.91 Å². The molecule has 5 heteroatoms. The molecular formula is C20H19ClN2O2. The van der Waals surface area contributed by atoms with Crippen LogP contribution in [-0.2, 0) is 24.2 Å². The smallest absolute Gasteiger partial charge is 0.227 e. The zero-order valence-corrected chi connectivity index (χ0v) is 14.8. The molecule has 0 unspecified atom stereocenters. The number of benzene rings is 2. The van der Waals surface area contributed by atoms with Crippen LogP contribution >= 0.6 is 11.6 Å². The minimum absolute atomic E-state index is 0.144. The summed E-state index contributed by atoms with van der Waals surface area (Å²) in [6.45, 7) is 1.36. The van der Waals surface area contributed by atoms with Crippen LogP contribution in [0.4, 0.5) is 0 Å². The molecule has 1 N–H and O–H groups in total. The molecule has 2 aromatic carbocycles. The SMILES string of the molecule is COc1cccc2c3c([nH]c12)CCN(C(=O)Cc1ccc(Cl)cc1)C3. The first-order chi connectivity index (χ1) is 12.2. The standard InChI is InChI=1S/C20H19ClN2O2/c1-25-18-4-2-3-15-16-12-23(10-9-17(16)22-20(15)18)19(24)11-13-5-7-14(21)8-6-13/h2-8,22H,9-12H2,1H3. The van der Waals surface area contributed by atoms with Gasteiger partial charge in [-0.25, -0.2) is 0 Å². The van der Waals surface area contributed by atoms with Crippen molar-refractivity contribution < 1.29 is 9.53 Å². The number of hydrogen-bond donors (Lipinski definition) is 1. The number of aromatic nitrogens is 1. The molecular weight excluding hydrogens is 336 g/mol. The highest BCUT2D eigenvalue weighted by molar-refractivity contribution is 6.30. The van der Waals surface area contributed by atoms with E-state index >= 15 is 0 Å². The van der Waals surface area contributed by atoms with E-state index in [4.69, 9.17) is 16.3 Å². The lowest BCUT2D eigenvalue weighted by Crippen LogP contribution is -2.36. The van der Waals surface area contributed by atoms with E-state index in [9.17, 15) is 4.79 Å². The first-order valence-corrected chi connectivity index (χ1v) is 8.72. The zero-order chi connectivity index (χ0) is 17.4. The molecule has 4 rings (SSSR count). The van der Waals surface area contributed by atoms with Crippen LogP contribution in [0.5, 0.6) is 5.75 Å². The number of nitrogens with zero attached hydrogens (tertiary/aromatic N) is 1. The number of methoxy groups -OCH3 is 1. The summed E-state index contributed by atoms with van der Waals surface area (Å²) in [7, 11) is 1.68. The van der Waals surface area contributed by atoms with Crippen LogP contribution in [0, 0.1) is 0 Å². The summed E-state index contributed by atoms with van der Waals surface area (Å²) < 4.78 is 5.45. The highest BCUT2D eigenvalue weighted by Gasteiger charge is 2.24. The fourth-order valence-corrected chi connectivity index (χ4v) is 3.61. The summed E-state index contributed by atoms with van der Waals surface area (Å²) in [5, 5.41) is 1.82. The van der Waals surface area contributed by atoms with E-state index in [2.05, 4.69) is 11.1 Å². The van der Waals surface area contributed by atoms with Crippen molar-refractivity contribution in [2.45, 2.75) is 19.4 Å². The largest absolute Gasteiger partial charge is 0.495 e. The van der Waals surface area contributed by atoms with E-state index in [1.165, 1.54) is 11.3 Å². The van der Waals surface area contributed by atoms with Crippen LogP contribution in [0.2, 0.25) is 5.02 Å².